The second kappa shape index (κ2) is 2.98. The van der Waals surface area contributed by atoms with E-state index >= 15 is 0 Å². The van der Waals surface area contributed by atoms with Gasteiger partial charge in [0.2, 0.25) is 0 Å². The van der Waals surface area contributed by atoms with Crippen LogP contribution in [0.25, 0.3) is 0 Å². The molecule has 1 saturated carbocycles. The summed E-state index contributed by atoms with van der Waals surface area (Å²) in [5.41, 5.74) is -0.177. The van der Waals surface area contributed by atoms with Gasteiger partial charge in [-0.1, -0.05) is 13.8 Å². The maximum absolute atomic E-state index is 11.3. The quantitative estimate of drug-likeness (QED) is 0.550. The predicted octanol–water partition coefficient (Wildman–Crippen LogP) is 0.960. The number of Topliss-reactive ketones (excluding diaryl/α,β-unsaturated/α-hetero) is 2. The highest BCUT2D eigenvalue weighted by Gasteiger charge is 2.39. The van der Waals surface area contributed by atoms with Gasteiger partial charge in [-0.25, -0.2) is 0 Å². The lowest BCUT2D eigenvalue weighted by molar-refractivity contribution is -0.147. The van der Waals surface area contributed by atoms with Gasteiger partial charge in [0.25, 0.3) is 0 Å². The van der Waals surface area contributed by atoms with Crippen molar-refractivity contribution in [2.24, 2.45) is 5.41 Å². The molecule has 1 aliphatic carbocycles. The van der Waals surface area contributed by atoms with Gasteiger partial charge in [0.15, 0.2) is 17.7 Å². The van der Waals surface area contributed by atoms with Crippen LogP contribution >= 0.6 is 0 Å². The fraction of sp³-hybridized carbons (Fsp3) is 0.778. The van der Waals surface area contributed by atoms with Crippen molar-refractivity contribution in [3.8, 4) is 0 Å². The summed E-state index contributed by atoms with van der Waals surface area (Å²) in [6.45, 7) is 3.85. The summed E-state index contributed by atoms with van der Waals surface area (Å²) in [7, 11) is 1.40. The molecule has 68 valence electrons. The molecule has 0 atom stereocenters. The molecule has 0 heterocycles. The lowest BCUT2D eigenvalue weighted by Crippen LogP contribution is -2.42. The van der Waals surface area contributed by atoms with Crippen LogP contribution in [0.1, 0.15) is 26.7 Å². The van der Waals surface area contributed by atoms with Crippen molar-refractivity contribution in [2.45, 2.75) is 32.8 Å². The van der Waals surface area contributed by atoms with Gasteiger partial charge in [0.1, 0.15) is 0 Å². The summed E-state index contributed by atoms with van der Waals surface area (Å²) in [5.74, 6) is -0.169. The molecule has 0 aromatic heterocycles. The molecule has 12 heavy (non-hydrogen) atoms. The van der Waals surface area contributed by atoms with Crippen LogP contribution in [0.3, 0.4) is 0 Å². The minimum Gasteiger partial charge on any atom is -0.366 e. The molecule has 0 aromatic carbocycles. The largest absolute Gasteiger partial charge is 0.366 e. The predicted molar refractivity (Wildman–Crippen MR) is 43.8 cm³/mol. The lowest BCUT2D eigenvalue weighted by atomic mass is 9.75. The van der Waals surface area contributed by atoms with E-state index in [0.717, 1.165) is 0 Å². The first-order chi connectivity index (χ1) is 5.46. The molecule has 0 radical (unpaired) electrons. The third kappa shape index (κ3) is 1.72. The van der Waals surface area contributed by atoms with Gasteiger partial charge in [-0.2, -0.15) is 0 Å². The molecule has 0 amide bonds. The number of methoxy groups -OCH3 is 1. The summed E-state index contributed by atoms with van der Waals surface area (Å²) in [4.78, 5) is 22.6. The van der Waals surface area contributed by atoms with Crippen molar-refractivity contribution in [1.82, 2.24) is 0 Å². The minimum absolute atomic E-state index is 0.0845. The molecule has 1 rings (SSSR count). The zero-order chi connectivity index (χ0) is 9.35. The minimum atomic E-state index is -0.793. The van der Waals surface area contributed by atoms with E-state index in [1.807, 2.05) is 13.8 Å². The van der Waals surface area contributed by atoms with Crippen LogP contribution in [0, 0.1) is 5.41 Å². The van der Waals surface area contributed by atoms with Crippen molar-refractivity contribution in [3.63, 3.8) is 0 Å². The first kappa shape index (κ1) is 9.39. The fourth-order valence-corrected chi connectivity index (χ4v) is 1.63. The maximum atomic E-state index is 11.3. The molecule has 0 saturated heterocycles. The second-order valence-electron chi connectivity index (χ2n) is 4.07. The average Bonchev–Trinajstić information content (AvgIpc) is 1.82. The normalized spacial score (nSPS) is 24.6. The maximum Gasteiger partial charge on any atom is 0.173 e. The lowest BCUT2D eigenvalue weighted by Gasteiger charge is -2.30. The third-order valence-corrected chi connectivity index (χ3v) is 2.13. The van der Waals surface area contributed by atoms with E-state index in [2.05, 4.69) is 0 Å². The standard InChI is InChI=1S/C9H14O3/c1-9(2)4-6(10)8(12-3)7(11)5-9/h8H,4-5H2,1-3H3. The number of ether oxygens (including phenoxy) is 1. The van der Waals surface area contributed by atoms with E-state index in [9.17, 15) is 9.59 Å². The Morgan fingerprint density at radius 1 is 1.25 bits per heavy atom. The number of carbonyl (C=O) groups excluding carboxylic acids is 2. The van der Waals surface area contributed by atoms with E-state index in [-0.39, 0.29) is 17.0 Å². The molecule has 0 spiro atoms. The molecule has 0 N–H and O–H groups in total. The van der Waals surface area contributed by atoms with E-state index in [4.69, 9.17) is 4.74 Å². The monoisotopic (exact) mass is 170 g/mol. The smallest absolute Gasteiger partial charge is 0.173 e. The molecule has 0 aliphatic heterocycles. The molecule has 0 unspecified atom stereocenters. The second-order valence-corrected chi connectivity index (χ2v) is 4.07. The van der Waals surface area contributed by atoms with Crippen molar-refractivity contribution >= 4 is 11.6 Å². The summed E-state index contributed by atoms with van der Waals surface area (Å²) < 4.78 is 4.81. The van der Waals surface area contributed by atoms with E-state index in [1.54, 1.807) is 0 Å². The van der Waals surface area contributed by atoms with Gasteiger partial charge in [-0.05, 0) is 5.41 Å². The zero-order valence-corrected chi connectivity index (χ0v) is 7.72. The average molecular weight is 170 g/mol. The Hall–Kier alpha value is -0.700. The van der Waals surface area contributed by atoms with Gasteiger partial charge in [0, 0.05) is 20.0 Å². The number of ketones is 2. The number of carbonyl (C=O) groups is 2. The van der Waals surface area contributed by atoms with E-state index < -0.39 is 6.10 Å². The van der Waals surface area contributed by atoms with E-state index in [1.165, 1.54) is 7.11 Å². The van der Waals surface area contributed by atoms with Crippen LogP contribution in [0.5, 0.6) is 0 Å². The van der Waals surface area contributed by atoms with Gasteiger partial charge in [-0.15, -0.1) is 0 Å². The molecular formula is C9H14O3. The van der Waals surface area contributed by atoms with E-state index in [0.29, 0.717) is 12.8 Å². The Kier molecular flexibility index (Phi) is 2.33. The Labute approximate surface area is 72.1 Å². The molecule has 3 nitrogen and oxygen atoms in total. The summed E-state index contributed by atoms with van der Waals surface area (Å²) in [6.07, 6.45) is 0.0899. The first-order valence-electron chi connectivity index (χ1n) is 4.04. The van der Waals surface area contributed by atoms with Gasteiger partial charge >= 0.3 is 0 Å². The molecule has 3 heteroatoms. The van der Waals surface area contributed by atoms with Crippen molar-refractivity contribution in [2.75, 3.05) is 7.11 Å². The fourth-order valence-electron chi connectivity index (χ4n) is 1.63. The zero-order valence-electron chi connectivity index (χ0n) is 7.72. The molecule has 1 aliphatic rings. The van der Waals surface area contributed by atoms with Crippen molar-refractivity contribution < 1.29 is 14.3 Å². The SMILES string of the molecule is COC1C(=O)CC(C)(C)CC1=O. The Bertz CT molecular complexity index is 198. The van der Waals surface area contributed by atoms with Crippen LogP contribution in [-0.4, -0.2) is 24.8 Å². The van der Waals surface area contributed by atoms with Crippen molar-refractivity contribution in [1.29, 1.82) is 0 Å². The van der Waals surface area contributed by atoms with Gasteiger partial charge in [-0.3, -0.25) is 9.59 Å². The molecule has 0 aromatic rings. The molecular weight excluding hydrogens is 156 g/mol. The molecule has 0 bridgehead atoms. The topological polar surface area (TPSA) is 43.4 Å². The van der Waals surface area contributed by atoms with Crippen LogP contribution in [0.4, 0.5) is 0 Å². The van der Waals surface area contributed by atoms with Crippen molar-refractivity contribution in [3.05, 3.63) is 0 Å². The third-order valence-electron chi connectivity index (χ3n) is 2.13. The summed E-state index contributed by atoms with van der Waals surface area (Å²) in [5, 5.41) is 0. The van der Waals surface area contributed by atoms with Gasteiger partial charge < -0.3 is 4.74 Å². The summed E-state index contributed by atoms with van der Waals surface area (Å²) >= 11 is 0. The number of hydrogen-bond acceptors (Lipinski definition) is 3. The van der Waals surface area contributed by atoms with Crippen LogP contribution in [-0.2, 0) is 14.3 Å². The summed E-state index contributed by atoms with van der Waals surface area (Å²) in [6, 6.07) is 0. The Morgan fingerprint density at radius 3 is 2.00 bits per heavy atom. The Balaban J connectivity index is 2.77. The number of rotatable bonds is 1. The first-order valence-corrected chi connectivity index (χ1v) is 4.04. The number of hydrogen-bond donors (Lipinski definition) is 0. The Morgan fingerprint density at radius 2 is 1.67 bits per heavy atom. The molecule has 1 fully saturated rings. The van der Waals surface area contributed by atoms with Gasteiger partial charge in [0.05, 0.1) is 0 Å². The highest BCUT2D eigenvalue weighted by Crippen LogP contribution is 2.31. The highest BCUT2D eigenvalue weighted by atomic mass is 16.5. The van der Waals surface area contributed by atoms with Crippen LogP contribution < -0.4 is 0 Å². The van der Waals surface area contributed by atoms with Crippen LogP contribution in [0.15, 0.2) is 0 Å². The highest BCUT2D eigenvalue weighted by molar-refractivity contribution is 6.07. The van der Waals surface area contributed by atoms with Crippen LogP contribution in [0.2, 0.25) is 0 Å².